The summed E-state index contributed by atoms with van der Waals surface area (Å²) in [4.78, 5) is 10.5. The third-order valence-corrected chi connectivity index (χ3v) is 1.42. The first-order valence-corrected chi connectivity index (χ1v) is 3.74. The Kier molecular flexibility index (Phi) is 4.54. The molecule has 0 aliphatic carbocycles. The van der Waals surface area contributed by atoms with E-state index in [0.29, 0.717) is 12.0 Å². The lowest BCUT2D eigenvalue weighted by Crippen LogP contribution is -2.14. The molecule has 0 aromatic heterocycles. The lowest BCUT2D eigenvalue weighted by atomic mass is 10.1. The van der Waals surface area contributed by atoms with Gasteiger partial charge in [-0.05, 0) is 19.4 Å². The molecule has 0 heterocycles. The summed E-state index contributed by atoms with van der Waals surface area (Å²) in [5, 5.41) is 9.18. The van der Waals surface area contributed by atoms with Crippen molar-refractivity contribution in [3.63, 3.8) is 0 Å². The number of aliphatic hydroxyl groups is 1. The molecule has 0 aromatic rings. The number of hydrogen-bond donors (Lipinski definition) is 2. The van der Waals surface area contributed by atoms with E-state index in [-0.39, 0.29) is 0 Å². The van der Waals surface area contributed by atoms with Gasteiger partial charge in [0.2, 0.25) is 5.91 Å². The van der Waals surface area contributed by atoms with E-state index in [2.05, 4.69) is 0 Å². The normalized spacial score (nSPS) is 14.6. The maximum atomic E-state index is 10.5. The van der Waals surface area contributed by atoms with Gasteiger partial charge < -0.3 is 10.8 Å². The molecule has 0 saturated heterocycles. The van der Waals surface area contributed by atoms with Crippen molar-refractivity contribution < 1.29 is 9.90 Å². The first kappa shape index (κ1) is 10.2. The second-order valence-electron chi connectivity index (χ2n) is 2.57. The van der Waals surface area contributed by atoms with E-state index in [1.165, 1.54) is 6.08 Å². The lowest BCUT2D eigenvalue weighted by Gasteiger charge is -2.03. The average molecular weight is 157 g/mol. The summed E-state index contributed by atoms with van der Waals surface area (Å²) in [5.41, 5.74) is 5.38. The maximum Gasteiger partial charge on any atom is 0.244 e. The first-order valence-electron chi connectivity index (χ1n) is 3.74. The van der Waals surface area contributed by atoms with Gasteiger partial charge in [-0.3, -0.25) is 4.79 Å². The molecule has 11 heavy (non-hydrogen) atoms. The molecule has 1 unspecified atom stereocenters. The number of hydrogen-bond acceptors (Lipinski definition) is 2. The number of carbonyl (C=O) groups is 1. The van der Waals surface area contributed by atoms with Crippen molar-refractivity contribution in [2.75, 3.05) is 0 Å². The zero-order valence-corrected chi connectivity index (χ0v) is 7.00. The molecular formula is C8H15NO2. The van der Waals surface area contributed by atoms with Crippen LogP contribution in [0.2, 0.25) is 0 Å². The Bertz CT molecular complexity index is 163. The number of nitrogens with two attached hydrogens (primary N) is 1. The van der Waals surface area contributed by atoms with Crippen LogP contribution in [0.15, 0.2) is 11.6 Å². The highest BCUT2D eigenvalue weighted by atomic mass is 16.3. The second-order valence-corrected chi connectivity index (χ2v) is 2.57. The van der Waals surface area contributed by atoms with Crippen molar-refractivity contribution in [2.45, 2.75) is 32.8 Å². The number of rotatable bonds is 4. The van der Waals surface area contributed by atoms with Crippen LogP contribution in [0.3, 0.4) is 0 Å². The van der Waals surface area contributed by atoms with Gasteiger partial charge in [-0.15, -0.1) is 0 Å². The lowest BCUT2D eigenvalue weighted by molar-refractivity contribution is -0.114. The molecule has 3 heteroatoms. The maximum absolute atomic E-state index is 10.5. The van der Waals surface area contributed by atoms with Gasteiger partial charge in [0, 0.05) is 5.57 Å². The summed E-state index contributed by atoms with van der Waals surface area (Å²) >= 11 is 0. The topological polar surface area (TPSA) is 63.3 Å². The van der Waals surface area contributed by atoms with E-state index in [9.17, 15) is 9.90 Å². The van der Waals surface area contributed by atoms with Crippen LogP contribution in [-0.4, -0.2) is 17.1 Å². The molecule has 0 radical (unpaired) electrons. The van der Waals surface area contributed by atoms with E-state index >= 15 is 0 Å². The van der Waals surface area contributed by atoms with Gasteiger partial charge in [-0.2, -0.15) is 0 Å². The largest absolute Gasteiger partial charge is 0.389 e. The molecular weight excluding hydrogens is 142 g/mol. The molecule has 3 nitrogen and oxygen atoms in total. The smallest absolute Gasteiger partial charge is 0.244 e. The molecule has 3 N–H and O–H groups in total. The van der Waals surface area contributed by atoms with Crippen LogP contribution in [-0.2, 0) is 4.79 Å². The minimum atomic E-state index is -0.535. The second kappa shape index (κ2) is 4.91. The molecule has 0 saturated carbocycles. The standard InChI is InChI=1S/C8H15NO2/c1-3-4-7(10)5-6(2)8(9)11/h5,7,10H,3-4H2,1-2H3,(H2,9,11)/b6-5+. The molecule has 0 bridgehead atoms. The van der Waals surface area contributed by atoms with E-state index in [1.54, 1.807) is 6.92 Å². The highest BCUT2D eigenvalue weighted by Crippen LogP contribution is 2.01. The Morgan fingerprint density at radius 1 is 1.73 bits per heavy atom. The van der Waals surface area contributed by atoms with Gasteiger partial charge in [0.05, 0.1) is 6.10 Å². The zero-order chi connectivity index (χ0) is 8.85. The number of amides is 1. The summed E-state index contributed by atoms with van der Waals surface area (Å²) < 4.78 is 0. The highest BCUT2D eigenvalue weighted by molar-refractivity contribution is 5.91. The Morgan fingerprint density at radius 2 is 2.27 bits per heavy atom. The van der Waals surface area contributed by atoms with Crippen molar-refractivity contribution in [1.29, 1.82) is 0 Å². The molecule has 1 amide bonds. The van der Waals surface area contributed by atoms with Crippen LogP contribution in [0.4, 0.5) is 0 Å². The molecule has 0 spiro atoms. The van der Waals surface area contributed by atoms with Gasteiger partial charge in [0.15, 0.2) is 0 Å². The fourth-order valence-electron chi connectivity index (χ4n) is 0.750. The van der Waals surface area contributed by atoms with Gasteiger partial charge >= 0.3 is 0 Å². The average Bonchev–Trinajstić information content (AvgIpc) is 1.87. The van der Waals surface area contributed by atoms with Crippen LogP contribution in [0, 0.1) is 0 Å². The summed E-state index contributed by atoms with van der Waals surface area (Å²) in [6.07, 6.45) is 2.52. The van der Waals surface area contributed by atoms with Gasteiger partial charge in [-0.25, -0.2) is 0 Å². The van der Waals surface area contributed by atoms with Crippen LogP contribution >= 0.6 is 0 Å². The summed E-state index contributed by atoms with van der Waals surface area (Å²) in [6, 6.07) is 0. The van der Waals surface area contributed by atoms with Crippen LogP contribution in [0.5, 0.6) is 0 Å². The Hall–Kier alpha value is -0.830. The fraction of sp³-hybridized carbons (Fsp3) is 0.625. The monoisotopic (exact) mass is 157 g/mol. The molecule has 0 rings (SSSR count). The Labute approximate surface area is 66.9 Å². The molecule has 1 atom stereocenters. The molecule has 0 fully saturated rings. The third-order valence-electron chi connectivity index (χ3n) is 1.42. The minimum Gasteiger partial charge on any atom is -0.389 e. The van der Waals surface area contributed by atoms with Crippen LogP contribution in [0.25, 0.3) is 0 Å². The van der Waals surface area contributed by atoms with E-state index in [0.717, 1.165) is 6.42 Å². The van der Waals surface area contributed by atoms with Gasteiger partial charge in [-0.1, -0.05) is 13.3 Å². The molecule has 0 aliphatic heterocycles. The molecule has 0 aromatic carbocycles. The van der Waals surface area contributed by atoms with Gasteiger partial charge in [0.1, 0.15) is 0 Å². The quantitative estimate of drug-likeness (QED) is 0.586. The molecule has 64 valence electrons. The van der Waals surface area contributed by atoms with Crippen molar-refractivity contribution in [3.8, 4) is 0 Å². The summed E-state index contributed by atoms with van der Waals surface area (Å²) in [5.74, 6) is -0.472. The molecule has 0 aliphatic rings. The Balaban J connectivity index is 3.96. The van der Waals surface area contributed by atoms with Crippen molar-refractivity contribution in [1.82, 2.24) is 0 Å². The van der Waals surface area contributed by atoms with Crippen molar-refractivity contribution in [2.24, 2.45) is 5.73 Å². The van der Waals surface area contributed by atoms with E-state index < -0.39 is 12.0 Å². The number of primary amides is 1. The van der Waals surface area contributed by atoms with Crippen LogP contribution < -0.4 is 5.73 Å². The van der Waals surface area contributed by atoms with E-state index in [4.69, 9.17) is 5.73 Å². The Morgan fingerprint density at radius 3 is 2.64 bits per heavy atom. The predicted octanol–water partition coefficient (Wildman–Crippen LogP) is 0.579. The summed E-state index contributed by atoms with van der Waals surface area (Å²) in [7, 11) is 0. The number of carbonyl (C=O) groups excluding carboxylic acids is 1. The number of aliphatic hydroxyl groups excluding tert-OH is 1. The van der Waals surface area contributed by atoms with Crippen molar-refractivity contribution >= 4 is 5.91 Å². The minimum absolute atomic E-state index is 0.422. The fourth-order valence-corrected chi connectivity index (χ4v) is 0.750. The SMILES string of the molecule is CCCC(O)/C=C(\C)C(N)=O. The van der Waals surface area contributed by atoms with Crippen LogP contribution in [0.1, 0.15) is 26.7 Å². The zero-order valence-electron chi connectivity index (χ0n) is 7.00. The highest BCUT2D eigenvalue weighted by Gasteiger charge is 2.01. The van der Waals surface area contributed by atoms with E-state index in [1.807, 2.05) is 6.92 Å². The third kappa shape index (κ3) is 4.56. The summed E-state index contributed by atoms with van der Waals surface area (Å²) in [6.45, 7) is 3.57. The van der Waals surface area contributed by atoms with Gasteiger partial charge in [0.25, 0.3) is 0 Å². The predicted molar refractivity (Wildman–Crippen MR) is 43.9 cm³/mol. The first-order chi connectivity index (χ1) is 5.07. The van der Waals surface area contributed by atoms with Crippen molar-refractivity contribution in [3.05, 3.63) is 11.6 Å².